The Labute approximate surface area is 120 Å². The highest BCUT2D eigenvalue weighted by Gasteiger charge is 1.94. The molecule has 0 amide bonds. The molecule has 0 aliphatic heterocycles. The molecule has 2 aromatic rings. The molecule has 0 radical (unpaired) electrons. The summed E-state index contributed by atoms with van der Waals surface area (Å²) in [5.74, 6) is 6.26. The normalized spacial score (nSPS) is 9.79. The summed E-state index contributed by atoms with van der Waals surface area (Å²) in [6.07, 6.45) is 3.62. The van der Waals surface area contributed by atoms with Gasteiger partial charge in [-0.3, -0.25) is 0 Å². The van der Waals surface area contributed by atoms with Gasteiger partial charge in [-0.05, 0) is 42.7 Å². The minimum Gasteiger partial charge on any atom is -0.0830 e. The van der Waals surface area contributed by atoms with E-state index in [0.29, 0.717) is 5.02 Å². The maximum Gasteiger partial charge on any atom is 0.0562 e. The topological polar surface area (TPSA) is 0 Å². The molecule has 0 bridgehead atoms. The number of halogens is 1. The van der Waals surface area contributed by atoms with Crippen LogP contribution in [0, 0.1) is 11.8 Å². The van der Waals surface area contributed by atoms with Crippen molar-refractivity contribution >= 4 is 11.6 Å². The van der Waals surface area contributed by atoms with Crippen LogP contribution in [0.1, 0.15) is 36.5 Å². The second-order valence-corrected chi connectivity index (χ2v) is 4.94. The Bertz CT molecular complexity index is 585. The Morgan fingerprint density at radius 2 is 1.68 bits per heavy atom. The van der Waals surface area contributed by atoms with Gasteiger partial charge >= 0.3 is 0 Å². The van der Waals surface area contributed by atoms with E-state index >= 15 is 0 Å². The van der Waals surface area contributed by atoms with Gasteiger partial charge < -0.3 is 0 Å². The van der Waals surface area contributed by atoms with Gasteiger partial charge in [0, 0.05) is 11.1 Å². The number of aryl methyl sites for hydroxylation is 1. The molecule has 0 atom stereocenters. The van der Waals surface area contributed by atoms with Crippen LogP contribution in [0.15, 0.2) is 48.5 Å². The zero-order valence-corrected chi connectivity index (χ0v) is 11.9. The Kier molecular flexibility index (Phi) is 5.07. The summed E-state index contributed by atoms with van der Waals surface area (Å²) in [7, 11) is 0. The van der Waals surface area contributed by atoms with Crippen molar-refractivity contribution in [2.75, 3.05) is 0 Å². The Balaban J connectivity index is 2.10. The van der Waals surface area contributed by atoms with Crippen molar-refractivity contribution in [2.24, 2.45) is 0 Å². The molecule has 2 aromatic carbocycles. The third-order valence-electron chi connectivity index (χ3n) is 2.99. The smallest absolute Gasteiger partial charge is 0.0562 e. The predicted molar refractivity (Wildman–Crippen MR) is 82.5 cm³/mol. The lowest BCUT2D eigenvalue weighted by atomic mass is 10.1. The molecule has 0 unspecified atom stereocenters. The SMILES string of the molecule is CCCCc1ccc(C#Cc2ccccc2Cl)cc1. The first-order valence-electron chi connectivity index (χ1n) is 6.65. The highest BCUT2D eigenvalue weighted by Crippen LogP contribution is 2.13. The van der Waals surface area contributed by atoms with Crippen LogP contribution in [-0.2, 0) is 6.42 Å². The van der Waals surface area contributed by atoms with Crippen LogP contribution < -0.4 is 0 Å². The van der Waals surface area contributed by atoms with Crippen molar-refractivity contribution in [3.8, 4) is 11.8 Å². The van der Waals surface area contributed by atoms with E-state index in [4.69, 9.17) is 11.6 Å². The molecule has 0 aromatic heterocycles. The lowest BCUT2D eigenvalue weighted by Gasteiger charge is -1.99. The summed E-state index contributed by atoms with van der Waals surface area (Å²) in [5, 5.41) is 0.703. The van der Waals surface area contributed by atoms with Gasteiger partial charge in [0.25, 0.3) is 0 Å². The fraction of sp³-hybridized carbons (Fsp3) is 0.222. The molecule has 0 fully saturated rings. The summed E-state index contributed by atoms with van der Waals surface area (Å²) in [6.45, 7) is 2.21. The summed E-state index contributed by atoms with van der Waals surface area (Å²) >= 11 is 6.07. The molecular formula is C18H17Cl. The monoisotopic (exact) mass is 268 g/mol. The van der Waals surface area contributed by atoms with E-state index in [1.165, 1.54) is 18.4 Å². The number of benzene rings is 2. The Morgan fingerprint density at radius 3 is 2.37 bits per heavy atom. The molecule has 0 heterocycles. The van der Waals surface area contributed by atoms with Crippen LogP contribution >= 0.6 is 11.6 Å². The van der Waals surface area contributed by atoms with Crippen molar-refractivity contribution in [3.05, 3.63) is 70.2 Å². The van der Waals surface area contributed by atoms with Gasteiger partial charge in [-0.2, -0.15) is 0 Å². The summed E-state index contributed by atoms with van der Waals surface area (Å²) in [6, 6.07) is 16.1. The third-order valence-corrected chi connectivity index (χ3v) is 3.32. The second kappa shape index (κ2) is 7.02. The molecule has 0 aliphatic rings. The van der Waals surface area contributed by atoms with E-state index in [0.717, 1.165) is 17.5 Å². The lowest BCUT2D eigenvalue weighted by molar-refractivity contribution is 0.795. The van der Waals surface area contributed by atoms with E-state index in [-0.39, 0.29) is 0 Å². The standard InChI is InChI=1S/C18H17Cl/c1-2-3-6-15-9-11-16(12-10-15)13-14-17-7-4-5-8-18(17)19/h4-5,7-12H,2-3,6H2,1H3. The number of rotatable bonds is 3. The number of hydrogen-bond donors (Lipinski definition) is 0. The average molecular weight is 269 g/mol. The van der Waals surface area contributed by atoms with Crippen LogP contribution in [0.5, 0.6) is 0 Å². The van der Waals surface area contributed by atoms with Gasteiger partial charge in [0.2, 0.25) is 0 Å². The Morgan fingerprint density at radius 1 is 0.947 bits per heavy atom. The molecule has 0 saturated heterocycles. The van der Waals surface area contributed by atoms with Crippen LogP contribution in [0.2, 0.25) is 5.02 Å². The zero-order chi connectivity index (χ0) is 13.5. The van der Waals surface area contributed by atoms with Crippen LogP contribution in [0.4, 0.5) is 0 Å². The predicted octanol–water partition coefficient (Wildman–Crippen LogP) is 5.08. The van der Waals surface area contributed by atoms with Gasteiger partial charge in [-0.15, -0.1) is 0 Å². The van der Waals surface area contributed by atoms with Crippen molar-refractivity contribution < 1.29 is 0 Å². The first-order chi connectivity index (χ1) is 9.29. The van der Waals surface area contributed by atoms with Gasteiger partial charge in [0.05, 0.1) is 5.02 Å². The Hall–Kier alpha value is -1.71. The van der Waals surface area contributed by atoms with Gasteiger partial charge in [0.15, 0.2) is 0 Å². The molecule has 2 rings (SSSR count). The van der Waals surface area contributed by atoms with Crippen LogP contribution in [0.3, 0.4) is 0 Å². The fourth-order valence-electron chi connectivity index (χ4n) is 1.84. The van der Waals surface area contributed by atoms with Crippen LogP contribution in [-0.4, -0.2) is 0 Å². The van der Waals surface area contributed by atoms with Crippen molar-refractivity contribution in [1.29, 1.82) is 0 Å². The van der Waals surface area contributed by atoms with Gasteiger partial charge in [0.1, 0.15) is 0 Å². The average Bonchev–Trinajstić information content (AvgIpc) is 2.45. The van der Waals surface area contributed by atoms with E-state index in [1.807, 2.05) is 24.3 Å². The van der Waals surface area contributed by atoms with E-state index < -0.39 is 0 Å². The molecule has 0 N–H and O–H groups in total. The van der Waals surface area contributed by atoms with E-state index in [1.54, 1.807) is 0 Å². The fourth-order valence-corrected chi connectivity index (χ4v) is 2.02. The molecule has 96 valence electrons. The molecule has 19 heavy (non-hydrogen) atoms. The molecule has 1 heteroatoms. The molecule has 0 aliphatic carbocycles. The van der Waals surface area contributed by atoms with Gasteiger partial charge in [-0.1, -0.05) is 61.1 Å². The number of hydrogen-bond acceptors (Lipinski definition) is 0. The lowest BCUT2D eigenvalue weighted by Crippen LogP contribution is -1.84. The highest BCUT2D eigenvalue weighted by atomic mass is 35.5. The minimum absolute atomic E-state index is 0.703. The zero-order valence-electron chi connectivity index (χ0n) is 11.1. The first-order valence-corrected chi connectivity index (χ1v) is 7.03. The minimum atomic E-state index is 0.703. The summed E-state index contributed by atoms with van der Waals surface area (Å²) in [4.78, 5) is 0. The second-order valence-electron chi connectivity index (χ2n) is 4.53. The largest absolute Gasteiger partial charge is 0.0830 e. The van der Waals surface area contributed by atoms with E-state index in [2.05, 4.69) is 43.0 Å². The third kappa shape index (κ3) is 4.16. The maximum atomic E-state index is 6.07. The molecular weight excluding hydrogens is 252 g/mol. The maximum absolute atomic E-state index is 6.07. The highest BCUT2D eigenvalue weighted by molar-refractivity contribution is 6.31. The van der Waals surface area contributed by atoms with Crippen molar-refractivity contribution in [3.63, 3.8) is 0 Å². The quantitative estimate of drug-likeness (QED) is 0.681. The summed E-state index contributed by atoms with van der Waals surface area (Å²) < 4.78 is 0. The van der Waals surface area contributed by atoms with E-state index in [9.17, 15) is 0 Å². The van der Waals surface area contributed by atoms with Gasteiger partial charge in [-0.25, -0.2) is 0 Å². The molecule has 0 nitrogen and oxygen atoms in total. The molecule has 0 spiro atoms. The van der Waals surface area contributed by atoms with Crippen molar-refractivity contribution in [2.45, 2.75) is 26.2 Å². The summed E-state index contributed by atoms with van der Waals surface area (Å²) in [5.41, 5.74) is 3.28. The van der Waals surface area contributed by atoms with Crippen LogP contribution in [0.25, 0.3) is 0 Å². The molecule has 0 saturated carbocycles. The number of unbranched alkanes of at least 4 members (excludes halogenated alkanes) is 1. The van der Waals surface area contributed by atoms with Crippen molar-refractivity contribution in [1.82, 2.24) is 0 Å². The first kappa shape index (κ1) is 13.7.